The Morgan fingerprint density at radius 2 is 1.90 bits per heavy atom. The van der Waals surface area contributed by atoms with Crippen LogP contribution in [0.4, 0.5) is 14.9 Å². The molecule has 0 unspecified atom stereocenters. The van der Waals surface area contributed by atoms with Crippen LogP contribution in [-0.2, 0) is 6.54 Å². The number of carbonyl (C=O) groups is 1. The van der Waals surface area contributed by atoms with E-state index in [0.29, 0.717) is 18.8 Å². The van der Waals surface area contributed by atoms with Crippen LogP contribution in [0.25, 0.3) is 0 Å². The average Bonchev–Trinajstić information content (AvgIpc) is 2.45. The summed E-state index contributed by atoms with van der Waals surface area (Å²) in [5.74, 6) is -0.367. The summed E-state index contributed by atoms with van der Waals surface area (Å²) in [5, 5.41) is 2.70. The van der Waals surface area contributed by atoms with Crippen molar-refractivity contribution in [2.75, 3.05) is 11.9 Å². The van der Waals surface area contributed by atoms with Crippen LogP contribution >= 0.6 is 0 Å². The second kappa shape index (κ2) is 6.70. The number of amides is 2. The summed E-state index contributed by atoms with van der Waals surface area (Å²) in [4.78, 5) is 13.8. The van der Waals surface area contributed by atoms with E-state index in [1.165, 1.54) is 12.1 Å². The van der Waals surface area contributed by atoms with E-state index in [-0.39, 0.29) is 11.8 Å². The monoisotopic (exact) mass is 272 g/mol. The molecule has 0 saturated heterocycles. The Hall–Kier alpha value is -2.36. The molecule has 0 aliphatic carbocycles. The Kier molecular flexibility index (Phi) is 4.71. The lowest BCUT2D eigenvalue weighted by molar-refractivity contribution is 0.212. The standard InChI is InChI=1S/C16H17FN2O/c1-2-19(12-13-7-4-3-5-8-13)16(20)18-15-10-6-9-14(17)11-15/h3-11H,2,12H2,1H3,(H,18,20). The molecule has 0 heterocycles. The van der Waals surface area contributed by atoms with Crippen LogP contribution in [0.2, 0.25) is 0 Å². The molecule has 2 rings (SSSR count). The van der Waals surface area contributed by atoms with E-state index >= 15 is 0 Å². The van der Waals surface area contributed by atoms with Gasteiger partial charge < -0.3 is 10.2 Å². The number of anilines is 1. The molecule has 0 saturated carbocycles. The van der Waals surface area contributed by atoms with Crippen molar-refractivity contribution in [3.05, 3.63) is 66.0 Å². The molecule has 0 fully saturated rings. The van der Waals surface area contributed by atoms with Crippen molar-refractivity contribution in [3.8, 4) is 0 Å². The van der Waals surface area contributed by atoms with Crippen molar-refractivity contribution < 1.29 is 9.18 Å². The molecule has 0 spiro atoms. The number of rotatable bonds is 4. The highest BCUT2D eigenvalue weighted by Crippen LogP contribution is 2.11. The second-order valence-electron chi connectivity index (χ2n) is 4.44. The molecule has 0 bridgehead atoms. The van der Waals surface area contributed by atoms with Gasteiger partial charge in [-0.05, 0) is 30.7 Å². The second-order valence-corrected chi connectivity index (χ2v) is 4.44. The molecule has 2 aromatic carbocycles. The van der Waals surface area contributed by atoms with Crippen molar-refractivity contribution >= 4 is 11.7 Å². The minimum atomic E-state index is -0.367. The molecule has 20 heavy (non-hydrogen) atoms. The zero-order chi connectivity index (χ0) is 14.4. The van der Waals surface area contributed by atoms with Crippen LogP contribution in [0.15, 0.2) is 54.6 Å². The van der Waals surface area contributed by atoms with E-state index in [9.17, 15) is 9.18 Å². The number of nitrogens with zero attached hydrogens (tertiary/aromatic N) is 1. The molecule has 4 heteroatoms. The van der Waals surface area contributed by atoms with Crippen molar-refractivity contribution in [1.29, 1.82) is 0 Å². The summed E-state index contributed by atoms with van der Waals surface area (Å²) in [6, 6.07) is 15.4. The fourth-order valence-corrected chi connectivity index (χ4v) is 1.90. The first-order valence-corrected chi connectivity index (χ1v) is 6.54. The number of hydrogen-bond donors (Lipinski definition) is 1. The zero-order valence-corrected chi connectivity index (χ0v) is 11.3. The van der Waals surface area contributed by atoms with Gasteiger partial charge in [-0.3, -0.25) is 0 Å². The minimum Gasteiger partial charge on any atom is -0.320 e. The van der Waals surface area contributed by atoms with E-state index in [1.807, 2.05) is 37.3 Å². The van der Waals surface area contributed by atoms with Crippen LogP contribution in [-0.4, -0.2) is 17.5 Å². The van der Waals surface area contributed by atoms with Crippen molar-refractivity contribution in [2.45, 2.75) is 13.5 Å². The van der Waals surface area contributed by atoms with Gasteiger partial charge in [0.2, 0.25) is 0 Å². The Morgan fingerprint density at radius 3 is 2.55 bits per heavy atom. The summed E-state index contributed by atoms with van der Waals surface area (Å²) in [6.45, 7) is 3.02. The summed E-state index contributed by atoms with van der Waals surface area (Å²) in [6.07, 6.45) is 0. The van der Waals surface area contributed by atoms with Crippen LogP contribution < -0.4 is 5.32 Å². The SMILES string of the molecule is CCN(Cc1ccccc1)C(=O)Nc1cccc(F)c1. The topological polar surface area (TPSA) is 32.3 Å². The van der Waals surface area contributed by atoms with E-state index in [4.69, 9.17) is 0 Å². The number of nitrogens with one attached hydrogen (secondary N) is 1. The lowest BCUT2D eigenvalue weighted by Gasteiger charge is -2.21. The van der Waals surface area contributed by atoms with Crippen LogP contribution in [0.3, 0.4) is 0 Å². The van der Waals surface area contributed by atoms with Crippen molar-refractivity contribution in [1.82, 2.24) is 4.90 Å². The van der Waals surface area contributed by atoms with Gasteiger partial charge in [0, 0.05) is 18.8 Å². The van der Waals surface area contributed by atoms with Crippen LogP contribution in [0.5, 0.6) is 0 Å². The number of benzene rings is 2. The largest absolute Gasteiger partial charge is 0.322 e. The summed E-state index contributed by atoms with van der Waals surface area (Å²) in [7, 11) is 0. The van der Waals surface area contributed by atoms with Crippen LogP contribution in [0.1, 0.15) is 12.5 Å². The van der Waals surface area contributed by atoms with Gasteiger partial charge in [0.25, 0.3) is 0 Å². The van der Waals surface area contributed by atoms with E-state index in [1.54, 1.807) is 17.0 Å². The number of carbonyl (C=O) groups excluding carboxylic acids is 1. The normalized spacial score (nSPS) is 10.1. The molecule has 2 amide bonds. The van der Waals surface area contributed by atoms with Crippen molar-refractivity contribution in [3.63, 3.8) is 0 Å². The zero-order valence-electron chi connectivity index (χ0n) is 11.3. The smallest absolute Gasteiger partial charge is 0.320 e. The van der Waals surface area contributed by atoms with E-state index in [0.717, 1.165) is 5.56 Å². The third kappa shape index (κ3) is 3.82. The maximum atomic E-state index is 13.1. The molecule has 0 aliphatic rings. The Bertz CT molecular complexity index is 572. The summed E-state index contributed by atoms with van der Waals surface area (Å²) >= 11 is 0. The van der Waals surface area contributed by atoms with Crippen molar-refractivity contribution in [2.24, 2.45) is 0 Å². The summed E-state index contributed by atoms with van der Waals surface area (Å²) in [5.41, 5.74) is 1.52. The first-order chi connectivity index (χ1) is 9.69. The lowest BCUT2D eigenvalue weighted by Crippen LogP contribution is -2.34. The minimum absolute atomic E-state index is 0.234. The lowest BCUT2D eigenvalue weighted by atomic mass is 10.2. The fourth-order valence-electron chi connectivity index (χ4n) is 1.90. The molecule has 0 aliphatic heterocycles. The number of halogens is 1. The van der Waals surface area contributed by atoms with Crippen LogP contribution in [0, 0.1) is 5.82 Å². The third-order valence-corrected chi connectivity index (χ3v) is 2.96. The molecule has 3 nitrogen and oxygen atoms in total. The Balaban J connectivity index is 2.02. The highest BCUT2D eigenvalue weighted by atomic mass is 19.1. The predicted molar refractivity (Wildman–Crippen MR) is 77.9 cm³/mol. The Morgan fingerprint density at radius 1 is 1.15 bits per heavy atom. The van der Waals surface area contributed by atoms with Gasteiger partial charge in [-0.1, -0.05) is 36.4 Å². The average molecular weight is 272 g/mol. The third-order valence-electron chi connectivity index (χ3n) is 2.96. The molecule has 1 N–H and O–H groups in total. The Labute approximate surface area is 118 Å². The molecule has 0 atom stereocenters. The molecular formula is C16H17FN2O. The molecular weight excluding hydrogens is 255 g/mol. The summed E-state index contributed by atoms with van der Waals surface area (Å²) < 4.78 is 13.1. The molecule has 2 aromatic rings. The van der Waals surface area contributed by atoms with Gasteiger partial charge in [0.05, 0.1) is 0 Å². The molecule has 0 aromatic heterocycles. The van der Waals surface area contributed by atoms with Gasteiger partial charge in [0.1, 0.15) is 5.82 Å². The quantitative estimate of drug-likeness (QED) is 0.900. The maximum absolute atomic E-state index is 13.1. The van der Waals surface area contributed by atoms with Gasteiger partial charge >= 0.3 is 6.03 Å². The molecule has 104 valence electrons. The first-order valence-electron chi connectivity index (χ1n) is 6.54. The number of hydrogen-bond acceptors (Lipinski definition) is 1. The van der Waals surface area contributed by atoms with Gasteiger partial charge in [-0.15, -0.1) is 0 Å². The first kappa shape index (κ1) is 14.1. The predicted octanol–water partition coefficient (Wildman–Crippen LogP) is 3.88. The molecule has 0 radical (unpaired) electrons. The van der Waals surface area contributed by atoms with E-state index < -0.39 is 0 Å². The van der Waals surface area contributed by atoms with Gasteiger partial charge in [-0.2, -0.15) is 0 Å². The highest BCUT2D eigenvalue weighted by molar-refractivity contribution is 5.89. The highest BCUT2D eigenvalue weighted by Gasteiger charge is 2.12. The van der Waals surface area contributed by atoms with Gasteiger partial charge in [0.15, 0.2) is 0 Å². The van der Waals surface area contributed by atoms with Gasteiger partial charge in [-0.25, -0.2) is 9.18 Å². The maximum Gasteiger partial charge on any atom is 0.322 e. The number of urea groups is 1. The fraction of sp³-hybridized carbons (Fsp3) is 0.188. The van der Waals surface area contributed by atoms with E-state index in [2.05, 4.69) is 5.32 Å².